The zero-order valence-corrected chi connectivity index (χ0v) is 11.4. The summed E-state index contributed by atoms with van der Waals surface area (Å²) in [6, 6.07) is 11.4. The topological polar surface area (TPSA) is 111 Å². The lowest BCUT2D eigenvalue weighted by Gasteiger charge is -2.19. The number of nitrogens with one attached hydrogen (secondary N) is 1. The monoisotopic (exact) mass is 287 g/mol. The number of furan rings is 1. The number of carbonyl (C=O) groups excluding carboxylic acids is 2. The van der Waals surface area contributed by atoms with Crippen molar-refractivity contribution in [2.75, 3.05) is 0 Å². The lowest BCUT2D eigenvalue weighted by atomic mass is 10.0. The van der Waals surface area contributed by atoms with Crippen molar-refractivity contribution in [1.29, 1.82) is 0 Å². The molecule has 2 rings (SSSR count). The minimum absolute atomic E-state index is 0.203. The first-order valence-electron chi connectivity index (χ1n) is 6.50. The zero-order valence-electron chi connectivity index (χ0n) is 11.4. The summed E-state index contributed by atoms with van der Waals surface area (Å²) in [6.45, 7) is 0. The summed E-state index contributed by atoms with van der Waals surface area (Å²) in [6.07, 6.45) is 1.33. The van der Waals surface area contributed by atoms with Crippen LogP contribution in [0.4, 0.5) is 0 Å². The molecule has 0 bridgehead atoms. The third kappa shape index (κ3) is 3.93. The summed E-state index contributed by atoms with van der Waals surface area (Å²) < 4.78 is 5.36. The van der Waals surface area contributed by atoms with Crippen LogP contribution in [0.2, 0.25) is 0 Å². The van der Waals surface area contributed by atoms with Crippen LogP contribution in [0.3, 0.4) is 0 Å². The highest BCUT2D eigenvalue weighted by Gasteiger charge is 2.23. The van der Waals surface area contributed by atoms with Crippen LogP contribution in [-0.4, -0.2) is 17.9 Å². The molecule has 2 atom stereocenters. The SMILES string of the molecule is NC(=O)CC(N)C(=O)NC(c1ccccc1)c1ccco1. The number of hydrogen-bond acceptors (Lipinski definition) is 4. The summed E-state index contributed by atoms with van der Waals surface area (Å²) in [5.74, 6) is -0.494. The van der Waals surface area contributed by atoms with Gasteiger partial charge in [-0.2, -0.15) is 0 Å². The van der Waals surface area contributed by atoms with Gasteiger partial charge in [-0.3, -0.25) is 9.59 Å². The molecule has 0 aliphatic carbocycles. The van der Waals surface area contributed by atoms with Crippen molar-refractivity contribution < 1.29 is 14.0 Å². The Morgan fingerprint density at radius 3 is 2.43 bits per heavy atom. The van der Waals surface area contributed by atoms with Gasteiger partial charge in [0.25, 0.3) is 0 Å². The van der Waals surface area contributed by atoms with Gasteiger partial charge in [0.1, 0.15) is 11.8 Å². The Morgan fingerprint density at radius 1 is 1.14 bits per heavy atom. The van der Waals surface area contributed by atoms with E-state index in [0.717, 1.165) is 5.56 Å². The molecule has 0 spiro atoms. The van der Waals surface area contributed by atoms with E-state index in [1.165, 1.54) is 6.26 Å². The smallest absolute Gasteiger partial charge is 0.238 e. The molecular formula is C15H17N3O3. The number of hydrogen-bond donors (Lipinski definition) is 3. The Hall–Kier alpha value is -2.60. The van der Waals surface area contributed by atoms with Crippen LogP contribution in [0.1, 0.15) is 23.8 Å². The van der Waals surface area contributed by atoms with Gasteiger partial charge in [-0.05, 0) is 17.7 Å². The fourth-order valence-corrected chi connectivity index (χ4v) is 1.98. The van der Waals surface area contributed by atoms with E-state index in [2.05, 4.69) is 5.32 Å². The van der Waals surface area contributed by atoms with Gasteiger partial charge in [0.15, 0.2) is 0 Å². The van der Waals surface area contributed by atoms with Gasteiger partial charge in [-0.25, -0.2) is 0 Å². The molecule has 0 aliphatic heterocycles. The highest BCUT2D eigenvalue weighted by molar-refractivity contribution is 5.87. The van der Waals surface area contributed by atoms with Crippen LogP contribution >= 0.6 is 0 Å². The van der Waals surface area contributed by atoms with Crippen LogP contribution in [0.5, 0.6) is 0 Å². The fourth-order valence-electron chi connectivity index (χ4n) is 1.98. The Labute approximate surface area is 122 Å². The molecule has 2 amide bonds. The fraction of sp³-hybridized carbons (Fsp3) is 0.200. The second-order valence-corrected chi connectivity index (χ2v) is 4.64. The third-order valence-electron chi connectivity index (χ3n) is 3.01. The Bertz CT molecular complexity index is 596. The summed E-state index contributed by atoms with van der Waals surface area (Å²) in [5.41, 5.74) is 11.6. The summed E-state index contributed by atoms with van der Waals surface area (Å²) in [7, 11) is 0. The average molecular weight is 287 g/mol. The van der Waals surface area contributed by atoms with E-state index in [9.17, 15) is 9.59 Å². The second-order valence-electron chi connectivity index (χ2n) is 4.64. The largest absolute Gasteiger partial charge is 0.467 e. The van der Waals surface area contributed by atoms with Gasteiger partial charge in [0.2, 0.25) is 11.8 Å². The molecule has 21 heavy (non-hydrogen) atoms. The first kappa shape index (κ1) is 14.8. The first-order valence-corrected chi connectivity index (χ1v) is 6.50. The van der Waals surface area contributed by atoms with Crippen LogP contribution < -0.4 is 16.8 Å². The lowest BCUT2D eigenvalue weighted by Crippen LogP contribution is -2.44. The second kappa shape index (κ2) is 6.71. The number of nitrogens with two attached hydrogens (primary N) is 2. The molecule has 6 heteroatoms. The molecule has 0 saturated carbocycles. The molecular weight excluding hydrogens is 270 g/mol. The molecule has 2 aromatic rings. The lowest BCUT2D eigenvalue weighted by molar-refractivity contribution is -0.126. The maximum atomic E-state index is 12.1. The Kier molecular flexibility index (Phi) is 4.73. The van der Waals surface area contributed by atoms with Gasteiger partial charge in [0, 0.05) is 0 Å². The van der Waals surface area contributed by atoms with Gasteiger partial charge >= 0.3 is 0 Å². The normalized spacial score (nSPS) is 13.4. The maximum Gasteiger partial charge on any atom is 0.238 e. The van der Waals surface area contributed by atoms with Crippen LogP contribution in [0.15, 0.2) is 53.1 Å². The first-order chi connectivity index (χ1) is 10.1. The highest BCUT2D eigenvalue weighted by Crippen LogP contribution is 2.22. The van der Waals surface area contributed by atoms with Crippen molar-refractivity contribution in [3.8, 4) is 0 Å². The Morgan fingerprint density at radius 2 is 1.86 bits per heavy atom. The van der Waals surface area contributed by atoms with Crippen LogP contribution in [0.25, 0.3) is 0 Å². The molecule has 2 unspecified atom stereocenters. The number of benzene rings is 1. The summed E-state index contributed by atoms with van der Waals surface area (Å²) in [5, 5.41) is 2.78. The number of primary amides is 1. The van der Waals surface area contributed by atoms with E-state index < -0.39 is 23.9 Å². The van der Waals surface area contributed by atoms with E-state index in [4.69, 9.17) is 15.9 Å². The van der Waals surface area contributed by atoms with Gasteiger partial charge in [-0.15, -0.1) is 0 Å². The zero-order chi connectivity index (χ0) is 15.2. The standard InChI is InChI=1S/C15H17N3O3/c16-11(9-13(17)19)15(20)18-14(12-7-4-8-21-12)10-5-2-1-3-6-10/h1-8,11,14H,9,16H2,(H2,17,19)(H,18,20). The van der Waals surface area contributed by atoms with E-state index in [-0.39, 0.29) is 6.42 Å². The molecule has 1 aromatic carbocycles. The quantitative estimate of drug-likeness (QED) is 0.725. The van der Waals surface area contributed by atoms with Gasteiger partial charge in [0.05, 0.1) is 18.7 Å². The van der Waals surface area contributed by atoms with Crippen molar-refractivity contribution in [1.82, 2.24) is 5.32 Å². The van der Waals surface area contributed by atoms with Crippen molar-refractivity contribution >= 4 is 11.8 Å². The molecule has 0 saturated heterocycles. The summed E-state index contributed by atoms with van der Waals surface area (Å²) >= 11 is 0. The number of carbonyl (C=O) groups is 2. The van der Waals surface area contributed by atoms with E-state index in [0.29, 0.717) is 5.76 Å². The number of rotatable bonds is 6. The van der Waals surface area contributed by atoms with Crippen molar-refractivity contribution in [2.24, 2.45) is 11.5 Å². The van der Waals surface area contributed by atoms with Gasteiger partial charge < -0.3 is 21.2 Å². The molecule has 5 N–H and O–H groups in total. The Balaban J connectivity index is 2.18. The molecule has 0 aliphatic rings. The average Bonchev–Trinajstić information content (AvgIpc) is 2.98. The van der Waals surface area contributed by atoms with Crippen molar-refractivity contribution in [3.63, 3.8) is 0 Å². The highest BCUT2D eigenvalue weighted by atomic mass is 16.3. The predicted molar refractivity (Wildman–Crippen MR) is 76.9 cm³/mol. The van der Waals surface area contributed by atoms with E-state index in [1.54, 1.807) is 12.1 Å². The molecule has 1 aromatic heterocycles. The third-order valence-corrected chi connectivity index (χ3v) is 3.01. The minimum Gasteiger partial charge on any atom is -0.467 e. The molecule has 110 valence electrons. The molecule has 0 radical (unpaired) electrons. The predicted octanol–water partition coefficient (Wildman–Crippen LogP) is 0.688. The van der Waals surface area contributed by atoms with E-state index >= 15 is 0 Å². The molecule has 1 heterocycles. The van der Waals surface area contributed by atoms with Crippen LogP contribution in [-0.2, 0) is 9.59 Å². The minimum atomic E-state index is -0.983. The molecule has 0 fully saturated rings. The molecule has 6 nitrogen and oxygen atoms in total. The number of amides is 2. The van der Waals surface area contributed by atoms with E-state index in [1.807, 2.05) is 30.3 Å². The summed E-state index contributed by atoms with van der Waals surface area (Å²) in [4.78, 5) is 22.9. The van der Waals surface area contributed by atoms with Gasteiger partial charge in [-0.1, -0.05) is 30.3 Å². The van der Waals surface area contributed by atoms with Crippen molar-refractivity contribution in [3.05, 3.63) is 60.1 Å². The van der Waals surface area contributed by atoms with Crippen LogP contribution in [0, 0.1) is 0 Å². The maximum absolute atomic E-state index is 12.1. The van der Waals surface area contributed by atoms with Crippen molar-refractivity contribution in [2.45, 2.75) is 18.5 Å².